The molecule has 21 heavy (non-hydrogen) atoms. The van der Waals surface area contributed by atoms with Gasteiger partial charge in [-0.15, -0.1) is 0 Å². The van der Waals surface area contributed by atoms with Gasteiger partial charge < -0.3 is 13.7 Å². The molecule has 3 aromatic heterocycles. The summed E-state index contributed by atoms with van der Waals surface area (Å²) in [5.74, 6) is 2.20. The summed E-state index contributed by atoms with van der Waals surface area (Å²) in [6.45, 7) is 4.67. The second kappa shape index (κ2) is 5.44. The van der Waals surface area contributed by atoms with E-state index in [2.05, 4.69) is 23.0 Å². The van der Waals surface area contributed by atoms with Crippen LogP contribution in [-0.2, 0) is 6.54 Å². The minimum atomic E-state index is 0.637. The van der Waals surface area contributed by atoms with Crippen LogP contribution in [0.15, 0.2) is 41.3 Å². The molecule has 108 valence electrons. The van der Waals surface area contributed by atoms with E-state index in [4.69, 9.17) is 9.15 Å². The highest BCUT2D eigenvalue weighted by atomic mass is 16.5. The van der Waals surface area contributed by atoms with Gasteiger partial charge in [0.05, 0.1) is 19.9 Å². The Morgan fingerprint density at radius 3 is 2.90 bits per heavy atom. The SMILES string of the molecule is COc1nc(C)cc(C)c1Cn1ccnc1-c1ccco1. The monoisotopic (exact) mass is 283 g/mol. The molecule has 5 nitrogen and oxygen atoms in total. The summed E-state index contributed by atoms with van der Waals surface area (Å²) in [4.78, 5) is 8.81. The number of aromatic nitrogens is 3. The average Bonchev–Trinajstić information content (AvgIpc) is 3.11. The maximum absolute atomic E-state index is 5.43. The van der Waals surface area contributed by atoms with Crippen LogP contribution in [0, 0.1) is 13.8 Å². The van der Waals surface area contributed by atoms with E-state index in [1.165, 1.54) is 0 Å². The second-order valence-electron chi connectivity index (χ2n) is 4.92. The van der Waals surface area contributed by atoms with Crippen LogP contribution in [0.5, 0.6) is 5.88 Å². The number of aryl methyl sites for hydroxylation is 2. The molecule has 3 rings (SSSR count). The molecule has 5 heteroatoms. The molecule has 0 fully saturated rings. The van der Waals surface area contributed by atoms with Gasteiger partial charge in [0.15, 0.2) is 11.6 Å². The van der Waals surface area contributed by atoms with Crippen molar-refractivity contribution in [2.75, 3.05) is 7.11 Å². The summed E-state index contributed by atoms with van der Waals surface area (Å²) in [5.41, 5.74) is 3.15. The van der Waals surface area contributed by atoms with E-state index < -0.39 is 0 Å². The van der Waals surface area contributed by atoms with Gasteiger partial charge in [0.25, 0.3) is 0 Å². The van der Waals surface area contributed by atoms with Crippen LogP contribution in [0.2, 0.25) is 0 Å². The molecule has 3 aromatic rings. The number of pyridine rings is 1. The zero-order valence-electron chi connectivity index (χ0n) is 12.3. The summed E-state index contributed by atoms with van der Waals surface area (Å²) in [7, 11) is 1.64. The van der Waals surface area contributed by atoms with Crippen molar-refractivity contribution in [3.8, 4) is 17.5 Å². The van der Waals surface area contributed by atoms with E-state index in [-0.39, 0.29) is 0 Å². The van der Waals surface area contributed by atoms with E-state index in [9.17, 15) is 0 Å². The number of imidazole rings is 1. The van der Waals surface area contributed by atoms with Crippen LogP contribution in [0.3, 0.4) is 0 Å². The molecule has 0 unspecified atom stereocenters. The highest BCUT2D eigenvalue weighted by molar-refractivity contribution is 5.48. The van der Waals surface area contributed by atoms with Gasteiger partial charge in [-0.1, -0.05) is 0 Å². The Morgan fingerprint density at radius 2 is 2.19 bits per heavy atom. The molecule has 0 radical (unpaired) electrons. The minimum absolute atomic E-state index is 0.637. The molecule has 0 amide bonds. The maximum Gasteiger partial charge on any atom is 0.218 e. The lowest BCUT2D eigenvalue weighted by atomic mass is 10.1. The van der Waals surface area contributed by atoms with Crippen molar-refractivity contribution in [3.05, 3.63) is 53.7 Å². The molecule has 0 aromatic carbocycles. The zero-order valence-corrected chi connectivity index (χ0v) is 12.3. The number of rotatable bonds is 4. The fourth-order valence-electron chi connectivity index (χ4n) is 2.43. The Hall–Kier alpha value is -2.56. The van der Waals surface area contributed by atoms with Gasteiger partial charge in [0.2, 0.25) is 5.88 Å². The summed E-state index contributed by atoms with van der Waals surface area (Å²) >= 11 is 0. The van der Waals surface area contributed by atoms with Crippen LogP contribution >= 0.6 is 0 Å². The smallest absolute Gasteiger partial charge is 0.218 e. The van der Waals surface area contributed by atoms with Crippen molar-refractivity contribution in [2.45, 2.75) is 20.4 Å². The van der Waals surface area contributed by atoms with Gasteiger partial charge >= 0.3 is 0 Å². The van der Waals surface area contributed by atoms with Crippen LogP contribution in [0.4, 0.5) is 0 Å². The molecule has 0 saturated heterocycles. The van der Waals surface area contributed by atoms with E-state index in [0.717, 1.165) is 28.4 Å². The predicted molar refractivity (Wildman–Crippen MR) is 79.3 cm³/mol. The third-order valence-corrected chi connectivity index (χ3v) is 3.42. The lowest BCUT2D eigenvalue weighted by molar-refractivity contribution is 0.389. The average molecular weight is 283 g/mol. The topological polar surface area (TPSA) is 53.1 Å². The predicted octanol–water partition coefficient (Wildman–Crippen LogP) is 3.21. The maximum atomic E-state index is 5.43. The van der Waals surface area contributed by atoms with Gasteiger partial charge in [-0.3, -0.25) is 0 Å². The quantitative estimate of drug-likeness (QED) is 0.737. The Kier molecular flexibility index (Phi) is 3.48. The molecule has 0 aliphatic heterocycles. The van der Waals surface area contributed by atoms with E-state index >= 15 is 0 Å². The van der Waals surface area contributed by atoms with Crippen LogP contribution in [0.25, 0.3) is 11.6 Å². The fourth-order valence-corrected chi connectivity index (χ4v) is 2.43. The number of nitrogens with zero attached hydrogens (tertiary/aromatic N) is 3. The van der Waals surface area contributed by atoms with E-state index in [1.54, 1.807) is 19.6 Å². The largest absolute Gasteiger partial charge is 0.481 e. The summed E-state index contributed by atoms with van der Waals surface area (Å²) < 4.78 is 12.9. The van der Waals surface area contributed by atoms with Crippen molar-refractivity contribution in [1.82, 2.24) is 14.5 Å². The summed E-state index contributed by atoms with van der Waals surface area (Å²) in [6, 6.07) is 5.81. The van der Waals surface area contributed by atoms with Crippen molar-refractivity contribution >= 4 is 0 Å². The van der Waals surface area contributed by atoms with Gasteiger partial charge in [-0.2, -0.15) is 0 Å². The second-order valence-corrected chi connectivity index (χ2v) is 4.92. The molecular formula is C16H17N3O2. The molecule has 3 heterocycles. The number of methoxy groups -OCH3 is 1. The van der Waals surface area contributed by atoms with Crippen molar-refractivity contribution in [2.24, 2.45) is 0 Å². The van der Waals surface area contributed by atoms with E-state index in [0.29, 0.717) is 12.4 Å². The molecule has 0 atom stereocenters. The standard InChI is InChI=1S/C16H17N3O2/c1-11-9-12(2)18-16(20-3)13(11)10-19-7-6-17-15(19)14-5-4-8-21-14/h4-9H,10H2,1-3H3. The van der Waals surface area contributed by atoms with Crippen molar-refractivity contribution < 1.29 is 9.15 Å². The van der Waals surface area contributed by atoms with Gasteiger partial charge in [-0.25, -0.2) is 9.97 Å². The molecule has 0 N–H and O–H groups in total. The Balaban J connectivity index is 2.01. The van der Waals surface area contributed by atoms with Gasteiger partial charge in [-0.05, 0) is 37.6 Å². The van der Waals surface area contributed by atoms with Crippen molar-refractivity contribution in [3.63, 3.8) is 0 Å². The Morgan fingerprint density at radius 1 is 1.33 bits per heavy atom. The lowest BCUT2D eigenvalue weighted by Gasteiger charge is -2.13. The first-order valence-corrected chi connectivity index (χ1v) is 6.75. The minimum Gasteiger partial charge on any atom is -0.481 e. The number of furan rings is 1. The summed E-state index contributed by atoms with van der Waals surface area (Å²) in [6.07, 6.45) is 5.34. The third-order valence-electron chi connectivity index (χ3n) is 3.42. The van der Waals surface area contributed by atoms with Crippen LogP contribution < -0.4 is 4.74 Å². The highest BCUT2D eigenvalue weighted by Crippen LogP contribution is 2.25. The first-order chi connectivity index (χ1) is 10.2. The Bertz CT molecular complexity index is 745. The van der Waals surface area contributed by atoms with Crippen LogP contribution in [0.1, 0.15) is 16.8 Å². The number of ether oxygens (including phenoxy) is 1. The molecule has 0 saturated carbocycles. The lowest BCUT2D eigenvalue weighted by Crippen LogP contribution is -2.06. The number of hydrogen-bond donors (Lipinski definition) is 0. The highest BCUT2D eigenvalue weighted by Gasteiger charge is 2.14. The summed E-state index contributed by atoms with van der Waals surface area (Å²) in [5, 5.41) is 0. The van der Waals surface area contributed by atoms with Gasteiger partial charge in [0.1, 0.15) is 0 Å². The molecular weight excluding hydrogens is 266 g/mol. The third kappa shape index (κ3) is 2.54. The normalized spacial score (nSPS) is 10.8. The fraction of sp³-hybridized carbons (Fsp3) is 0.250. The van der Waals surface area contributed by atoms with Crippen molar-refractivity contribution in [1.29, 1.82) is 0 Å². The zero-order chi connectivity index (χ0) is 14.8. The number of hydrogen-bond acceptors (Lipinski definition) is 4. The molecule has 0 aliphatic carbocycles. The molecule has 0 aliphatic rings. The first-order valence-electron chi connectivity index (χ1n) is 6.75. The van der Waals surface area contributed by atoms with Crippen LogP contribution in [-0.4, -0.2) is 21.6 Å². The Labute approximate surface area is 123 Å². The first kappa shape index (κ1) is 13.4. The molecule has 0 bridgehead atoms. The molecule has 0 spiro atoms. The van der Waals surface area contributed by atoms with E-state index in [1.807, 2.05) is 29.8 Å². The van der Waals surface area contributed by atoms with Gasteiger partial charge in [0, 0.05) is 23.7 Å².